The molecule has 1 unspecified atom stereocenters. The van der Waals surface area contributed by atoms with Gasteiger partial charge in [-0.3, -0.25) is 4.98 Å². The third-order valence-electron chi connectivity index (χ3n) is 5.58. The number of aromatic nitrogens is 1. The van der Waals surface area contributed by atoms with Gasteiger partial charge in [-0.2, -0.15) is 5.26 Å². The molecule has 32 heavy (non-hydrogen) atoms. The van der Waals surface area contributed by atoms with Crippen LogP contribution in [-0.2, 0) is 16.0 Å². The predicted molar refractivity (Wildman–Crippen MR) is 117 cm³/mol. The van der Waals surface area contributed by atoms with E-state index in [0.717, 1.165) is 27.8 Å². The minimum Gasteiger partial charge on any atom is -0.480 e. The van der Waals surface area contributed by atoms with Gasteiger partial charge in [0.25, 0.3) is 0 Å². The van der Waals surface area contributed by atoms with E-state index in [4.69, 9.17) is 10.00 Å². The Labute approximate surface area is 185 Å². The number of nitrogens with zero attached hydrogens (tertiary/aromatic N) is 2. The van der Waals surface area contributed by atoms with Crippen LogP contribution in [0.25, 0.3) is 11.1 Å². The zero-order valence-electron chi connectivity index (χ0n) is 17.2. The fraction of sp³-hybridized carbons (Fsp3) is 0.200. The number of carbonyl (C=O) groups is 2. The zero-order chi connectivity index (χ0) is 22.5. The highest BCUT2D eigenvalue weighted by atomic mass is 16.5. The fourth-order valence-corrected chi connectivity index (χ4v) is 4.04. The first-order valence-electron chi connectivity index (χ1n) is 10.2. The Morgan fingerprint density at radius 2 is 1.75 bits per heavy atom. The number of pyridine rings is 1. The summed E-state index contributed by atoms with van der Waals surface area (Å²) >= 11 is 0. The van der Waals surface area contributed by atoms with Crippen molar-refractivity contribution in [2.75, 3.05) is 6.61 Å². The highest BCUT2D eigenvalue weighted by Gasteiger charge is 2.29. The summed E-state index contributed by atoms with van der Waals surface area (Å²) < 4.78 is 5.44. The molecule has 1 amide bonds. The van der Waals surface area contributed by atoms with Crippen molar-refractivity contribution in [1.29, 1.82) is 5.26 Å². The van der Waals surface area contributed by atoms with E-state index in [9.17, 15) is 14.7 Å². The molecular formula is C25H21N3O4. The summed E-state index contributed by atoms with van der Waals surface area (Å²) in [6.45, 7) is 0.111. The van der Waals surface area contributed by atoms with Crippen molar-refractivity contribution >= 4 is 12.1 Å². The number of alkyl carbamates (subject to hydrolysis) is 1. The van der Waals surface area contributed by atoms with Crippen LogP contribution in [0.4, 0.5) is 4.79 Å². The number of nitriles is 1. The Bertz CT molecular complexity index is 1160. The van der Waals surface area contributed by atoms with E-state index in [0.29, 0.717) is 12.0 Å². The predicted octanol–water partition coefficient (Wildman–Crippen LogP) is 3.88. The monoisotopic (exact) mass is 427 g/mol. The van der Waals surface area contributed by atoms with Crippen molar-refractivity contribution in [2.24, 2.45) is 0 Å². The Balaban J connectivity index is 1.38. The molecule has 0 fully saturated rings. The third-order valence-corrected chi connectivity index (χ3v) is 5.58. The molecule has 7 nitrogen and oxygen atoms in total. The molecular weight excluding hydrogens is 406 g/mol. The van der Waals surface area contributed by atoms with Crippen LogP contribution < -0.4 is 5.32 Å². The van der Waals surface area contributed by atoms with Crippen molar-refractivity contribution in [3.63, 3.8) is 0 Å². The van der Waals surface area contributed by atoms with Gasteiger partial charge in [-0.25, -0.2) is 9.59 Å². The summed E-state index contributed by atoms with van der Waals surface area (Å²) in [5.41, 5.74) is 5.54. The van der Waals surface area contributed by atoms with E-state index in [1.54, 1.807) is 12.3 Å². The van der Waals surface area contributed by atoms with Crippen molar-refractivity contribution < 1.29 is 19.4 Å². The Kier molecular flexibility index (Phi) is 6.13. The number of ether oxygens (including phenoxy) is 1. The quantitative estimate of drug-likeness (QED) is 0.592. The molecule has 2 aromatic carbocycles. The molecule has 0 saturated carbocycles. The summed E-state index contributed by atoms with van der Waals surface area (Å²) in [6.07, 6.45) is 2.74. The summed E-state index contributed by atoms with van der Waals surface area (Å²) in [4.78, 5) is 28.0. The Morgan fingerprint density at radius 1 is 1.09 bits per heavy atom. The van der Waals surface area contributed by atoms with Crippen LogP contribution in [-0.4, -0.2) is 34.8 Å². The number of fused-ring (bicyclic) bond motifs is 3. The van der Waals surface area contributed by atoms with Crippen LogP contribution in [0.1, 0.15) is 34.6 Å². The van der Waals surface area contributed by atoms with Gasteiger partial charge in [-0.15, -0.1) is 0 Å². The number of carboxylic acids is 1. The maximum Gasteiger partial charge on any atom is 0.407 e. The van der Waals surface area contributed by atoms with Crippen LogP contribution in [0, 0.1) is 11.3 Å². The second kappa shape index (κ2) is 9.31. The standard InChI is InChI=1S/C25H21N3O4/c26-12-17-11-16(13-27-14-17)9-10-23(24(29)30)28-25(31)32-15-22-20-7-3-1-5-18(20)19-6-2-4-8-21(19)22/h1-8,11,13-14,22-23H,9-10,15H2,(H,28,31)(H,29,30). The van der Waals surface area contributed by atoms with E-state index >= 15 is 0 Å². The van der Waals surface area contributed by atoms with Gasteiger partial charge in [0.15, 0.2) is 0 Å². The molecule has 0 saturated heterocycles. The van der Waals surface area contributed by atoms with Crippen LogP contribution in [0.5, 0.6) is 0 Å². The van der Waals surface area contributed by atoms with Gasteiger partial charge >= 0.3 is 12.1 Å². The summed E-state index contributed by atoms with van der Waals surface area (Å²) in [5.74, 6) is -1.25. The van der Waals surface area contributed by atoms with Gasteiger partial charge in [0, 0.05) is 18.3 Å². The second-order valence-corrected chi connectivity index (χ2v) is 7.59. The number of nitrogens with one attached hydrogen (secondary N) is 1. The van der Waals surface area contributed by atoms with Crippen molar-refractivity contribution in [3.05, 3.63) is 89.2 Å². The lowest BCUT2D eigenvalue weighted by Crippen LogP contribution is -2.41. The molecule has 1 aliphatic rings. The number of carbonyl (C=O) groups excluding carboxylic acids is 1. The molecule has 3 aromatic rings. The van der Waals surface area contributed by atoms with Crippen molar-refractivity contribution in [3.8, 4) is 17.2 Å². The van der Waals surface area contributed by atoms with E-state index < -0.39 is 18.1 Å². The minimum absolute atomic E-state index is 0.101. The third kappa shape index (κ3) is 4.44. The number of rotatable bonds is 7. The average molecular weight is 427 g/mol. The molecule has 0 radical (unpaired) electrons. The first kappa shape index (κ1) is 21.1. The summed E-state index contributed by atoms with van der Waals surface area (Å²) in [6, 6.07) is 18.5. The number of hydrogen-bond acceptors (Lipinski definition) is 5. The molecule has 0 aliphatic heterocycles. The van der Waals surface area contributed by atoms with Crippen molar-refractivity contribution in [2.45, 2.75) is 24.8 Å². The van der Waals surface area contributed by atoms with Crippen LogP contribution in [0.3, 0.4) is 0 Å². The topological polar surface area (TPSA) is 112 Å². The van der Waals surface area contributed by atoms with Crippen LogP contribution in [0.15, 0.2) is 67.0 Å². The first-order valence-corrected chi connectivity index (χ1v) is 10.2. The molecule has 7 heteroatoms. The second-order valence-electron chi connectivity index (χ2n) is 7.59. The molecule has 1 heterocycles. The van der Waals surface area contributed by atoms with Gasteiger partial charge in [-0.1, -0.05) is 48.5 Å². The zero-order valence-corrected chi connectivity index (χ0v) is 17.2. The Hall–Kier alpha value is -4.18. The summed E-state index contributed by atoms with van der Waals surface area (Å²) in [5, 5.41) is 20.9. The largest absolute Gasteiger partial charge is 0.480 e. The number of carboxylic acid groups (broad SMARTS) is 1. The lowest BCUT2D eigenvalue weighted by molar-refractivity contribution is -0.139. The van der Waals surface area contributed by atoms with E-state index in [1.165, 1.54) is 6.20 Å². The van der Waals surface area contributed by atoms with Crippen LogP contribution >= 0.6 is 0 Å². The highest BCUT2D eigenvalue weighted by Crippen LogP contribution is 2.44. The minimum atomic E-state index is -1.15. The maximum absolute atomic E-state index is 12.4. The van der Waals surface area contributed by atoms with Gasteiger partial charge in [0.1, 0.15) is 18.7 Å². The first-order chi connectivity index (χ1) is 15.6. The molecule has 4 rings (SSSR count). The smallest absolute Gasteiger partial charge is 0.407 e. The lowest BCUT2D eigenvalue weighted by atomic mass is 9.98. The number of benzene rings is 2. The molecule has 2 N–H and O–H groups in total. The highest BCUT2D eigenvalue weighted by molar-refractivity contribution is 5.81. The van der Waals surface area contributed by atoms with Gasteiger partial charge in [0.2, 0.25) is 0 Å². The molecule has 1 atom stereocenters. The van der Waals surface area contributed by atoms with E-state index in [-0.39, 0.29) is 18.9 Å². The lowest BCUT2D eigenvalue weighted by Gasteiger charge is -2.17. The number of hydrogen-bond donors (Lipinski definition) is 2. The van der Waals surface area contributed by atoms with E-state index in [2.05, 4.69) is 10.3 Å². The molecule has 1 aromatic heterocycles. The maximum atomic E-state index is 12.4. The summed E-state index contributed by atoms with van der Waals surface area (Å²) in [7, 11) is 0. The fourth-order valence-electron chi connectivity index (χ4n) is 4.04. The van der Waals surface area contributed by atoms with Gasteiger partial charge in [0.05, 0.1) is 5.56 Å². The van der Waals surface area contributed by atoms with Crippen molar-refractivity contribution in [1.82, 2.24) is 10.3 Å². The van der Waals surface area contributed by atoms with Gasteiger partial charge in [-0.05, 0) is 46.7 Å². The molecule has 1 aliphatic carbocycles. The number of amides is 1. The van der Waals surface area contributed by atoms with Crippen LogP contribution in [0.2, 0.25) is 0 Å². The number of aryl methyl sites for hydroxylation is 1. The molecule has 160 valence electrons. The molecule has 0 spiro atoms. The molecule has 0 bridgehead atoms. The average Bonchev–Trinajstić information content (AvgIpc) is 3.14. The SMILES string of the molecule is N#Cc1cncc(CCC(NC(=O)OCC2c3ccccc3-c3ccccc32)C(=O)O)c1. The Morgan fingerprint density at radius 3 is 2.38 bits per heavy atom. The van der Waals surface area contributed by atoms with Gasteiger partial charge < -0.3 is 15.2 Å². The normalized spacial score (nSPS) is 12.8. The van der Waals surface area contributed by atoms with E-state index in [1.807, 2.05) is 54.6 Å². The number of aliphatic carboxylic acids is 1.